The van der Waals surface area contributed by atoms with Gasteiger partial charge in [-0.1, -0.05) is 11.6 Å². The average Bonchev–Trinajstić information content (AvgIpc) is 2.77. The summed E-state index contributed by atoms with van der Waals surface area (Å²) in [6, 6.07) is 9.36. The predicted molar refractivity (Wildman–Crippen MR) is 121 cm³/mol. The number of hydrogen-bond acceptors (Lipinski definition) is 6. The Morgan fingerprint density at radius 3 is 2.42 bits per heavy atom. The van der Waals surface area contributed by atoms with Crippen LogP contribution in [-0.4, -0.2) is 25.8 Å². The van der Waals surface area contributed by atoms with Crippen molar-refractivity contribution >= 4 is 40.5 Å². The predicted octanol–water partition coefficient (Wildman–Crippen LogP) is 5.54. The fourth-order valence-electron chi connectivity index (χ4n) is 3.17. The monoisotopic (exact) mass is 466 g/mol. The Kier molecular flexibility index (Phi) is 6.23. The zero-order chi connectivity index (χ0) is 23.5. The largest absolute Gasteiger partial charge is 0.325 e. The van der Waals surface area contributed by atoms with E-state index in [1.165, 1.54) is 17.3 Å². The minimum atomic E-state index is -0.993. The molecule has 0 bridgehead atoms. The molecule has 10 heteroatoms. The lowest BCUT2D eigenvalue weighted by molar-refractivity contribution is 0.0995. The normalized spacial score (nSPS) is 10.7. The Labute approximate surface area is 193 Å². The number of halogens is 3. The van der Waals surface area contributed by atoms with Gasteiger partial charge in [-0.15, -0.1) is 0 Å². The molecule has 1 amide bonds. The molecule has 0 aliphatic heterocycles. The summed E-state index contributed by atoms with van der Waals surface area (Å²) >= 11 is 6.32. The maximum atomic E-state index is 14.5. The van der Waals surface area contributed by atoms with Crippen molar-refractivity contribution < 1.29 is 13.6 Å². The van der Waals surface area contributed by atoms with Crippen molar-refractivity contribution in [2.75, 3.05) is 10.2 Å². The van der Waals surface area contributed by atoms with Gasteiger partial charge in [-0.3, -0.25) is 9.69 Å². The molecule has 166 valence electrons. The average molecular weight is 467 g/mol. The molecule has 0 aliphatic carbocycles. The number of hydrogen-bond donors (Lipinski definition) is 1. The molecule has 0 saturated heterocycles. The molecule has 4 aromatic rings. The molecule has 0 atom stereocenters. The summed E-state index contributed by atoms with van der Waals surface area (Å²) in [5, 5.41) is 3.09. The number of rotatable bonds is 5. The van der Waals surface area contributed by atoms with E-state index in [0.717, 1.165) is 12.1 Å². The highest BCUT2D eigenvalue weighted by Gasteiger charge is 2.27. The van der Waals surface area contributed by atoms with Crippen molar-refractivity contribution in [2.45, 2.75) is 13.8 Å². The summed E-state index contributed by atoms with van der Waals surface area (Å²) in [5.74, 6) is -0.923. The van der Waals surface area contributed by atoms with E-state index in [2.05, 4.69) is 25.3 Å². The first-order valence-corrected chi connectivity index (χ1v) is 10.1. The van der Waals surface area contributed by atoms with Crippen LogP contribution in [0.4, 0.5) is 31.8 Å². The Hall–Kier alpha value is -3.98. The molecule has 1 N–H and O–H groups in total. The number of carbonyl (C=O) groups is 1. The number of pyridine rings is 2. The van der Waals surface area contributed by atoms with E-state index >= 15 is 0 Å². The molecule has 0 saturated carbocycles. The van der Waals surface area contributed by atoms with Crippen LogP contribution in [0, 0.1) is 25.5 Å². The number of nitrogens with one attached hydrogen (secondary N) is 1. The first-order valence-electron chi connectivity index (χ1n) is 9.77. The Morgan fingerprint density at radius 1 is 0.970 bits per heavy atom. The van der Waals surface area contributed by atoms with E-state index in [1.54, 1.807) is 44.3 Å². The molecule has 7 nitrogen and oxygen atoms in total. The Bertz CT molecular complexity index is 1310. The second-order valence-corrected chi connectivity index (χ2v) is 7.41. The number of nitrogens with zero attached hydrogens (tertiary/aromatic N) is 5. The van der Waals surface area contributed by atoms with E-state index in [0.29, 0.717) is 34.8 Å². The molecule has 3 aromatic heterocycles. The summed E-state index contributed by atoms with van der Waals surface area (Å²) < 4.78 is 27.9. The van der Waals surface area contributed by atoms with Gasteiger partial charge in [0.15, 0.2) is 5.15 Å². The van der Waals surface area contributed by atoms with Gasteiger partial charge in [0, 0.05) is 18.5 Å². The van der Waals surface area contributed by atoms with Gasteiger partial charge in [0.25, 0.3) is 5.91 Å². The smallest absolute Gasteiger partial charge is 0.265 e. The van der Waals surface area contributed by atoms with Crippen LogP contribution in [-0.2, 0) is 0 Å². The van der Waals surface area contributed by atoms with Crippen LogP contribution in [0.1, 0.15) is 21.7 Å². The van der Waals surface area contributed by atoms with Crippen molar-refractivity contribution in [1.29, 1.82) is 0 Å². The van der Waals surface area contributed by atoms with Gasteiger partial charge in [0.2, 0.25) is 0 Å². The van der Waals surface area contributed by atoms with Gasteiger partial charge in [-0.2, -0.15) is 0 Å². The lowest BCUT2D eigenvalue weighted by Crippen LogP contribution is -2.28. The number of carbonyl (C=O) groups excluding carboxylic acids is 1. The highest BCUT2D eigenvalue weighted by atomic mass is 35.5. The van der Waals surface area contributed by atoms with Crippen molar-refractivity contribution in [3.63, 3.8) is 0 Å². The topological polar surface area (TPSA) is 83.9 Å². The lowest BCUT2D eigenvalue weighted by Gasteiger charge is -2.25. The van der Waals surface area contributed by atoms with Crippen LogP contribution < -0.4 is 10.2 Å². The zero-order valence-corrected chi connectivity index (χ0v) is 18.3. The molecule has 0 radical (unpaired) electrons. The van der Waals surface area contributed by atoms with E-state index in [1.807, 2.05) is 0 Å². The standard InChI is InChI=1S/C23H17ClF2N6O/c1-13-7-9-28-22(24)21(13)32(23(33)17-5-3-15(25)11-18(17)26)16-4-6-19(29-12-16)31-20-8-10-27-14(2)30-20/h3-12H,1-2H3,(H,27,29,30,31). The molecular weight excluding hydrogens is 450 g/mol. The van der Waals surface area contributed by atoms with Crippen LogP contribution in [0.25, 0.3) is 0 Å². The van der Waals surface area contributed by atoms with Gasteiger partial charge in [0.1, 0.15) is 29.1 Å². The van der Waals surface area contributed by atoms with Crippen LogP contribution in [0.5, 0.6) is 0 Å². The second-order valence-electron chi connectivity index (χ2n) is 7.05. The van der Waals surface area contributed by atoms with Gasteiger partial charge in [-0.25, -0.2) is 28.7 Å². The van der Waals surface area contributed by atoms with E-state index in [-0.39, 0.29) is 16.4 Å². The first-order chi connectivity index (χ1) is 15.8. The molecule has 33 heavy (non-hydrogen) atoms. The molecular formula is C23H17ClF2N6O. The molecule has 3 heterocycles. The van der Waals surface area contributed by atoms with Gasteiger partial charge >= 0.3 is 0 Å². The lowest BCUT2D eigenvalue weighted by atomic mass is 10.1. The van der Waals surface area contributed by atoms with E-state index in [4.69, 9.17) is 11.6 Å². The molecule has 0 fully saturated rings. The Balaban J connectivity index is 1.75. The van der Waals surface area contributed by atoms with Crippen molar-refractivity contribution in [3.8, 4) is 0 Å². The van der Waals surface area contributed by atoms with Crippen LogP contribution in [0.15, 0.2) is 61.1 Å². The van der Waals surface area contributed by atoms with Crippen molar-refractivity contribution in [3.05, 3.63) is 94.8 Å². The minimum Gasteiger partial charge on any atom is -0.325 e. The van der Waals surface area contributed by atoms with Gasteiger partial charge in [-0.05, 0) is 55.8 Å². The summed E-state index contributed by atoms with van der Waals surface area (Å²) in [6.07, 6.45) is 4.54. The van der Waals surface area contributed by atoms with Gasteiger partial charge < -0.3 is 5.32 Å². The second kappa shape index (κ2) is 9.25. The third kappa shape index (κ3) is 4.78. The maximum absolute atomic E-state index is 14.5. The number of anilines is 4. The Morgan fingerprint density at radius 2 is 1.76 bits per heavy atom. The number of amides is 1. The maximum Gasteiger partial charge on any atom is 0.265 e. The third-order valence-electron chi connectivity index (χ3n) is 4.71. The van der Waals surface area contributed by atoms with Crippen molar-refractivity contribution in [2.24, 2.45) is 0 Å². The summed E-state index contributed by atoms with van der Waals surface area (Å²) in [4.78, 5) is 31.3. The van der Waals surface area contributed by atoms with E-state index in [9.17, 15) is 13.6 Å². The van der Waals surface area contributed by atoms with Gasteiger partial charge in [0.05, 0.1) is 23.1 Å². The quantitative estimate of drug-likeness (QED) is 0.389. The summed E-state index contributed by atoms with van der Waals surface area (Å²) in [5.41, 5.74) is 0.881. The molecule has 4 rings (SSSR count). The van der Waals surface area contributed by atoms with Crippen LogP contribution >= 0.6 is 11.6 Å². The highest BCUT2D eigenvalue weighted by Crippen LogP contribution is 2.35. The number of benzene rings is 1. The number of aromatic nitrogens is 4. The first kappa shape index (κ1) is 22.2. The highest BCUT2D eigenvalue weighted by molar-refractivity contribution is 6.33. The SMILES string of the molecule is Cc1nccc(Nc2ccc(N(C(=O)c3ccc(F)cc3F)c3c(C)ccnc3Cl)cn2)n1. The van der Waals surface area contributed by atoms with Crippen LogP contribution in [0.3, 0.4) is 0 Å². The minimum absolute atomic E-state index is 0.0459. The molecule has 0 unspecified atom stereocenters. The fraction of sp³-hybridized carbons (Fsp3) is 0.0870. The van der Waals surface area contributed by atoms with E-state index < -0.39 is 17.5 Å². The molecule has 0 spiro atoms. The number of aryl methyl sites for hydroxylation is 2. The summed E-state index contributed by atoms with van der Waals surface area (Å²) in [7, 11) is 0. The van der Waals surface area contributed by atoms with Crippen molar-refractivity contribution in [1.82, 2.24) is 19.9 Å². The molecule has 1 aromatic carbocycles. The molecule has 0 aliphatic rings. The van der Waals surface area contributed by atoms with Crippen LogP contribution in [0.2, 0.25) is 5.15 Å². The fourth-order valence-corrected chi connectivity index (χ4v) is 3.46. The summed E-state index contributed by atoms with van der Waals surface area (Å²) in [6.45, 7) is 3.50. The third-order valence-corrected chi connectivity index (χ3v) is 4.98. The zero-order valence-electron chi connectivity index (χ0n) is 17.6.